The number of imidazole rings is 1. The highest BCUT2D eigenvalue weighted by Gasteiger charge is 2.32. The number of amides is 1. The normalized spacial score (nSPS) is 20.6. The number of hydrogen-bond donors (Lipinski definition) is 1. The Balaban J connectivity index is 1.14. The molecule has 1 aromatic carbocycles. The van der Waals surface area contributed by atoms with Crippen LogP contribution in [0.1, 0.15) is 60.6 Å². The van der Waals surface area contributed by atoms with E-state index in [9.17, 15) is 9.59 Å². The number of carbonyl (C=O) groups is 1. The molecule has 2 unspecified atom stereocenters. The van der Waals surface area contributed by atoms with Crippen molar-refractivity contribution in [3.63, 3.8) is 0 Å². The molecule has 4 heterocycles. The van der Waals surface area contributed by atoms with Crippen molar-refractivity contribution in [1.82, 2.24) is 24.4 Å². The van der Waals surface area contributed by atoms with E-state index in [2.05, 4.69) is 45.3 Å². The van der Waals surface area contributed by atoms with Crippen molar-refractivity contribution in [3.8, 4) is 0 Å². The molecule has 1 aliphatic heterocycles. The van der Waals surface area contributed by atoms with E-state index in [0.717, 1.165) is 36.0 Å². The van der Waals surface area contributed by atoms with Gasteiger partial charge in [-0.05, 0) is 67.3 Å². The summed E-state index contributed by atoms with van der Waals surface area (Å²) in [5.41, 5.74) is 4.57. The molecule has 8 heteroatoms. The van der Waals surface area contributed by atoms with Gasteiger partial charge in [-0.3, -0.25) is 14.5 Å². The smallest absolute Gasteiger partial charge is 0.410 e. The topological polar surface area (TPSA) is 93.1 Å². The Bertz CT molecular complexity index is 1420. The summed E-state index contributed by atoms with van der Waals surface area (Å²) in [4.78, 5) is 39.2. The zero-order valence-electron chi connectivity index (χ0n) is 20.0. The first-order chi connectivity index (χ1) is 17.7. The number of H-pyrrole nitrogens is 1. The fourth-order valence-electron chi connectivity index (χ4n) is 5.72. The van der Waals surface area contributed by atoms with Gasteiger partial charge in [0.2, 0.25) is 0 Å². The van der Waals surface area contributed by atoms with Gasteiger partial charge in [0.05, 0.1) is 11.2 Å². The van der Waals surface area contributed by atoms with Crippen LogP contribution in [0.25, 0.3) is 11.2 Å². The molecule has 1 amide bonds. The quantitative estimate of drug-likeness (QED) is 0.424. The van der Waals surface area contributed by atoms with Crippen LogP contribution in [-0.4, -0.2) is 43.6 Å². The monoisotopic (exact) mass is 483 g/mol. The highest BCUT2D eigenvalue weighted by molar-refractivity contribution is 5.70. The van der Waals surface area contributed by atoms with Crippen molar-refractivity contribution in [3.05, 3.63) is 94.3 Å². The zero-order chi connectivity index (χ0) is 24.5. The number of likely N-dealkylation sites (tertiary alicyclic amines) is 1. The van der Waals surface area contributed by atoms with E-state index in [-0.39, 0.29) is 23.9 Å². The van der Waals surface area contributed by atoms with Gasteiger partial charge in [-0.15, -0.1) is 0 Å². The van der Waals surface area contributed by atoms with Crippen LogP contribution < -0.4 is 5.69 Å². The standard InChI is InChI=1S/C28H29N5O3/c34-27-31-26-23(9-5-15-30-26)33(27)22-12-16-32(17-13-22)28(35)36-24-11-10-20(19-6-2-1-3-7-19)18-21-8-4-14-29-25(21)24/h1-9,14-15,20,22,24H,10-13,16-18H2,(H,30,31,34). The molecule has 4 aromatic rings. The summed E-state index contributed by atoms with van der Waals surface area (Å²) in [7, 11) is 0. The molecule has 8 nitrogen and oxygen atoms in total. The van der Waals surface area contributed by atoms with Gasteiger partial charge in [0.1, 0.15) is 6.10 Å². The summed E-state index contributed by atoms with van der Waals surface area (Å²) < 4.78 is 7.86. The predicted octanol–water partition coefficient (Wildman–Crippen LogP) is 4.75. The zero-order valence-corrected chi connectivity index (χ0v) is 20.0. The molecular formula is C28H29N5O3. The van der Waals surface area contributed by atoms with Crippen LogP contribution in [0.15, 0.2) is 71.8 Å². The summed E-state index contributed by atoms with van der Waals surface area (Å²) >= 11 is 0. The van der Waals surface area contributed by atoms with Crippen LogP contribution in [0.3, 0.4) is 0 Å². The number of nitrogens with zero attached hydrogens (tertiary/aromatic N) is 4. The van der Waals surface area contributed by atoms with Crippen LogP contribution in [-0.2, 0) is 11.2 Å². The van der Waals surface area contributed by atoms with E-state index in [1.165, 1.54) is 5.56 Å². The summed E-state index contributed by atoms with van der Waals surface area (Å²) in [5.74, 6) is 0.373. The van der Waals surface area contributed by atoms with Gasteiger partial charge in [0, 0.05) is 31.5 Å². The van der Waals surface area contributed by atoms with E-state index in [0.29, 0.717) is 37.5 Å². The van der Waals surface area contributed by atoms with Gasteiger partial charge in [-0.2, -0.15) is 0 Å². The average Bonchev–Trinajstić information content (AvgIpc) is 3.15. The van der Waals surface area contributed by atoms with Crippen LogP contribution in [0, 0.1) is 0 Å². The number of benzene rings is 1. The predicted molar refractivity (Wildman–Crippen MR) is 136 cm³/mol. The number of hydrogen-bond acceptors (Lipinski definition) is 5. The average molecular weight is 484 g/mol. The molecule has 2 atom stereocenters. The van der Waals surface area contributed by atoms with E-state index in [4.69, 9.17) is 4.74 Å². The van der Waals surface area contributed by atoms with Crippen molar-refractivity contribution < 1.29 is 9.53 Å². The molecule has 2 aliphatic rings. The van der Waals surface area contributed by atoms with Gasteiger partial charge in [0.15, 0.2) is 5.65 Å². The van der Waals surface area contributed by atoms with E-state index < -0.39 is 0 Å². The summed E-state index contributed by atoms with van der Waals surface area (Å²) in [6, 6.07) is 18.3. The number of aromatic nitrogens is 4. The van der Waals surface area contributed by atoms with Gasteiger partial charge < -0.3 is 9.64 Å². The van der Waals surface area contributed by atoms with Gasteiger partial charge in [0.25, 0.3) is 0 Å². The Labute approximate surface area is 209 Å². The number of fused-ring (bicyclic) bond motifs is 2. The molecule has 6 rings (SSSR count). The summed E-state index contributed by atoms with van der Waals surface area (Å²) in [6.07, 6.45) is 6.72. The highest BCUT2D eigenvalue weighted by Crippen LogP contribution is 2.37. The summed E-state index contributed by atoms with van der Waals surface area (Å²) in [5, 5.41) is 0. The third-order valence-corrected chi connectivity index (χ3v) is 7.57. The molecule has 0 radical (unpaired) electrons. The molecule has 184 valence electrons. The maximum absolute atomic E-state index is 13.2. The molecule has 0 saturated carbocycles. The second-order valence-electron chi connectivity index (χ2n) is 9.70. The first kappa shape index (κ1) is 22.5. The first-order valence-corrected chi connectivity index (χ1v) is 12.7. The minimum Gasteiger partial charge on any atom is -0.440 e. The lowest BCUT2D eigenvalue weighted by molar-refractivity contribution is 0.0473. The molecule has 1 aliphatic carbocycles. The van der Waals surface area contributed by atoms with Gasteiger partial charge in [-0.25, -0.2) is 14.6 Å². The number of ether oxygens (including phenoxy) is 1. The minimum absolute atomic E-state index is 0.0198. The molecule has 0 bridgehead atoms. The van der Waals surface area contributed by atoms with E-state index in [1.807, 2.05) is 24.3 Å². The van der Waals surface area contributed by atoms with Crippen molar-refractivity contribution in [2.45, 2.75) is 50.2 Å². The number of nitrogens with one attached hydrogen (secondary N) is 1. The second kappa shape index (κ2) is 9.60. The van der Waals surface area contributed by atoms with Crippen LogP contribution in [0.5, 0.6) is 0 Å². The molecule has 3 aromatic heterocycles. The lowest BCUT2D eigenvalue weighted by atomic mass is 9.90. The molecule has 1 N–H and O–H groups in total. The van der Waals surface area contributed by atoms with Gasteiger partial charge in [-0.1, -0.05) is 36.4 Å². The SMILES string of the molecule is O=C(OC1CCC(c2ccccc2)Cc2cccnc21)N1CCC(n2c(=O)[nH]c3ncccc32)CC1. The molecule has 36 heavy (non-hydrogen) atoms. The van der Waals surface area contributed by atoms with Crippen molar-refractivity contribution in [2.75, 3.05) is 13.1 Å². The fourth-order valence-corrected chi connectivity index (χ4v) is 5.72. The third kappa shape index (κ3) is 4.27. The van der Waals surface area contributed by atoms with Crippen LogP contribution in [0.2, 0.25) is 0 Å². The number of piperidine rings is 1. The Hall–Kier alpha value is -3.94. The lowest BCUT2D eigenvalue weighted by Crippen LogP contribution is -2.41. The number of aromatic amines is 1. The van der Waals surface area contributed by atoms with Crippen LogP contribution in [0.4, 0.5) is 4.79 Å². The highest BCUT2D eigenvalue weighted by atomic mass is 16.6. The fraction of sp³-hybridized carbons (Fsp3) is 0.357. The lowest BCUT2D eigenvalue weighted by Gasteiger charge is -2.33. The number of carbonyl (C=O) groups excluding carboxylic acids is 1. The first-order valence-electron chi connectivity index (χ1n) is 12.7. The van der Waals surface area contributed by atoms with E-state index >= 15 is 0 Å². The molecular weight excluding hydrogens is 454 g/mol. The van der Waals surface area contributed by atoms with Crippen LogP contribution >= 0.6 is 0 Å². The Morgan fingerprint density at radius 2 is 1.69 bits per heavy atom. The molecule has 0 spiro atoms. The van der Waals surface area contributed by atoms with E-state index in [1.54, 1.807) is 21.9 Å². The largest absolute Gasteiger partial charge is 0.440 e. The van der Waals surface area contributed by atoms with Crippen molar-refractivity contribution >= 4 is 17.3 Å². The number of pyridine rings is 2. The maximum atomic E-state index is 13.2. The van der Waals surface area contributed by atoms with Gasteiger partial charge >= 0.3 is 11.8 Å². The van der Waals surface area contributed by atoms with Crippen molar-refractivity contribution in [1.29, 1.82) is 0 Å². The Kier molecular flexibility index (Phi) is 6.01. The maximum Gasteiger partial charge on any atom is 0.410 e. The molecule has 1 fully saturated rings. The van der Waals surface area contributed by atoms with Crippen molar-refractivity contribution in [2.24, 2.45) is 0 Å². The third-order valence-electron chi connectivity index (χ3n) is 7.57. The minimum atomic E-state index is -0.359. The second-order valence-corrected chi connectivity index (χ2v) is 9.70. The summed E-state index contributed by atoms with van der Waals surface area (Å²) in [6.45, 7) is 1.08. The molecule has 1 saturated heterocycles. The Morgan fingerprint density at radius 3 is 2.53 bits per heavy atom. The Morgan fingerprint density at radius 1 is 0.917 bits per heavy atom. The number of rotatable bonds is 3.